The zero-order chi connectivity index (χ0) is 13.7. The molecular weight excluding hydrogens is 224 g/mol. The molecule has 4 nitrogen and oxygen atoms in total. The third kappa shape index (κ3) is 3.86. The van der Waals surface area contributed by atoms with Gasteiger partial charge in [-0.3, -0.25) is 0 Å². The predicted octanol–water partition coefficient (Wildman–Crippen LogP) is 3.48. The smallest absolute Gasteiger partial charge is 0.135 e. The molecular formula is C14H26N4. The maximum atomic E-state index is 5.94. The normalized spacial score (nSPS) is 12.8. The molecule has 0 saturated carbocycles. The van der Waals surface area contributed by atoms with E-state index in [2.05, 4.69) is 43.0 Å². The van der Waals surface area contributed by atoms with Crippen LogP contribution in [0.1, 0.15) is 64.3 Å². The Morgan fingerprint density at radius 1 is 1.22 bits per heavy atom. The maximum absolute atomic E-state index is 5.94. The Balaban J connectivity index is 2.86. The minimum Gasteiger partial charge on any atom is -0.383 e. The molecule has 0 fully saturated rings. The van der Waals surface area contributed by atoms with Crippen LogP contribution in [0.4, 0.5) is 11.6 Å². The fourth-order valence-corrected chi connectivity index (χ4v) is 1.77. The van der Waals surface area contributed by atoms with Crippen LogP contribution in [0.3, 0.4) is 0 Å². The SMILES string of the molecule is CCCCC(C)Nc1nc(C(C)C)nc(N)c1C. The van der Waals surface area contributed by atoms with Gasteiger partial charge in [-0.1, -0.05) is 33.6 Å². The van der Waals surface area contributed by atoms with Crippen molar-refractivity contribution in [2.75, 3.05) is 11.1 Å². The summed E-state index contributed by atoms with van der Waals surface area (Å²) in [6.45, 7) is 10.5. The molecule has 102 valence electrons. The highest BCUT2D eigenvalue weighted by atomic mass is 15.1. The molecule has 18 heavy (non-hydrogen) atoms. The third-order valence-corrected chi connectivity index (χ3v) is 3.09. The van der Waals surface area contributed by atoms with Crippen molar-refractivity contribution >= 4 is 11.6 Å². The lowest BCUT2D eigenvalue weighted by atomic mass is 10.1. The molecule has 0 aromatic carbocycles. The number of nitrogens with zero attached hydrogens (tertiary/aromatic N) is 2. The zero-order valence-corrected chi connectivity index (χ0v) is 12.2. The number of nitrogens with two attached hydrogens (primary N) is 1. The van der Waals surface area contributed by atoms with Crippen molar-refractivity contribution in [1.29, 1.82) is 0 Å². The van der Waals surface area contributed by atoms with Crippen molar-refractivity contribution in [3.8, 4) is 0 Å². The van der Waals surface area contributed by atoms with E-state index in [1.165, 1.54) is 12.8 Å². The van der Waals surface area contributed by atoms with Gasteiger partial charge in [0.2, 0.25) is 0 Å². The Labute approximate surface area is 110 Å². The maximum Gasteiger partial charge on any atom is 0.135 e. The summed E-state index contributed by atoms with van der Waals surface area (Å²) in [6, 6.07) is 0.415. The van der Waals surface area contributed by atoms with E-state index in [0.717, 1.165) is 23.6 Å². The predicted molar refractivity (Wildman–Crippen MR) is 77.9 cm³/mol. The Morgan fingerprint density at radius 2 is 1.89 bits per heavy atom. The average molecular weight is 250 g/mol. The number of hydrogen-bond donors (Lipinski definition) is 2. The molecule has 1 heterocycles. The van der Waals surface area contributed by atoms with Gasteiger partial charge in [0.25, 0.3) is 0 Å². The second kappa shape index (κ2) is 6.57. The molecule has 0 saturated heterocycles. The van der Waals surface area contributed by atoms with E-state index in [9.17, 15) is 0 Å². The first-order chi connectivity index (χ1) is 8.45. The van der Waals surface area contributed by atoms with Crippen LogP contribution in [0, 0.1) is 6.92 Å². The van der Waals surface area contributed by atoms with E-state index in [1.807, 2.05) is 6.92 Å². The summed E-state index contributed by atoms with van der Waals surface area (Å²) in [4.78, 5) is 8.91. The summed E-state index contributed by atoms with van der Waals surface area (Å²) >= 11 is 0. The monoisotopic (exact) mass is 250 g/mol. The Hall–Kier alpha value is -1.32. The van der Waals surface area contributed by atoms with Crippen LogP contribution in [0.15, 0.2) is 0 Å². The lowest BCUT2D eigenvalue weighted by Gasteiger charge is -2.18. The Kier molecular flexibility index (Phi) is 5.38. The summed E-state index contributed by atoms with van der Waals surface area (Å²) in [5.74, 6) is 2.57. The second-order valence-corrected chi connectivity index (χ2v) is 5.28. The van der Waals surface area contributed by atoms with Crippen molar-refractivity contribution in [3.63, 3.8) is 0 Å². The Bertz CT molecular complexity index is 388. The van der Waals surface area contributed by atoms with Gasteiger partial charge in [0.15, 0.2) is 0 Å². The van der Waals surface area contributed by atoms with E-state index < -0.39 is 0 Å². The molecule has 0 spiro atoms. The molecule has 0 radical (unpaired) electrons. The fourth-order valence-electron chi connectivity index (χ4n) is 1.77. The first kappa shape index (κ1) is 14.7. The van der Waals surface area contributed by atoms with Gasteiger partial charge in [-0.05, 0) is 20.3 Å². The lowest BCUT2D eigenvalue weighted by Crippen LogP contribution is -2.18. The summed E-state index contributed by atoms with van der Waals surface area (Å²) < 4.78 is 0. The van der Waals surface area contributed by atoms with Gasteiger partial charge in [-0.2, -0.15) is 0 Å². The third-order valence-electron chi connectivity index (χ3n) is 3.09. The van der Waals surface area contributed by atoms with E-state index >= 15 is 0 Å². The zero-order valence-electron chi connectivity index (χ0n) is 12.2. The first-order valence-electron chi connectivity index (χ1n) is 6.86. The van der Waals surface area contributed by atoms with Crippen molar-refractivity contribution in [1.82, 2.24) is 9.97 Å². The van der Waals surface area contributed by atoms with Gasteiger partial charge < -0.3 is 11.1 Å². The van der Waals surface area contributed by atoms with Crippen molar-refractivity contribution in [3.05, 3.63) is 11.4 Å². The summed E-state index contributed by atoms with van der Waals surface area (Å²) in [5, 5.41) is 3.45. The molecule has 0 aliphatic heterocycles. The quantitative estimate of drug-likeness (QED) is 0.811. The molecule has 4 heteroatoms. The van der Waals surface area contributed by atoms with Gasteiger partial charge >= 0.3 is 0 Å². The molecule has 1 rings (SSSR count). The number of unbranched alkanes of at least 4 members (excludes halogenated alkanes) is 1. The van der Waals surface area contributed by atoms with Crippen LogP contribution >= 0.6 is 0 Å². The number of anilines is 2. The van der Waals surface area contributed by atoms with Crippen LogP contribution in [-0.4, -0.2) is 16.0 Å². The molecule has 1 aromatic heterocycles. The van der Waals surface area contributed by atoms with Crippen LogP contribution in [-0.2, 0) is 0 Å². The van der Waals surface area contributed by atoms with Crippen LogP contribution in [0.25, 0.3) is 0 Å². The number of aromatic nitrogens is 2. The largest absolute Gasteiger partial charge is 0.383 e. The van der Waals surface area contributed by atoms with E-state index in [0.29, 0.717) is 17.8 Å². The number of nitrogens with one attached hydrogen (secondary N) is 1. The lowest BCUT2D eigenvalue weighted by molar-refractivity contribution is 0.641. The summed E-state index contributed by atoms with van der Waals surface area (Å²) in [7, 11) is 0. The highest BCUT2D eigenvalue weighted by Gasteiger charge is 2.12. The van der Waals surface area contributed by atoms with Crippen molar-refractivity contribution in [2.45, 2.75) is 65.8 Å². The van der Waals surface area contributed by atoms with Crippen molar-refractivity contribution < 1.29 is 0 Å². The number of rotatable bonds is 6. The number of nitrogen functional groups attached to an aromatic ring is 1. The molecule has 0 bridgehead atoms. The van der Waals surface area contributed by atoms with Crippen LogP contribution < -0.4 is 11.1 Å². The highest BCUT2D eigenvalue weighted by Crippen LogP contribution is 2.22. The van der Waals surface area contributed by atoms with Gasteiger partial charge in [0, 0.05) is 17.5 Å². The van der Waals surface area contributed by atoms with Gasteiger partial charge in [-0.15, -0.1) is 0 Å². The van der Waals surface area contributed by atoms with Crippen molar-refractivity contribution in [2.24, 2.45) is 0 Å². The van der Waals surface area contributed by atoms with E-state index in [1.54, 1.807) is 0 Å². The minimum atomic E-state index is 0.291. The van der Waals surface area contributed by atoms with Crippen LogP contribution in [0.2, 0.25) is 0 Å². The molecule has 1 atom stereocenters. The average Bonchev–Trinajstić information content (AvgIpc) is 2.31. The molecule has 0 aliphatic carbocycles. The fraction of sp³-hybridized carbons (Fsp3) is 0.714. The van der Waals surface area contributed by atoms with Crippen LogP contribution in [0.5, 0.6) is 0 Å². The molecule has 3 N–H and O–H groups in total. The summed E-state index contributed by atoms with van der Waals surface area (Å²) in [5.41, 5.74) is 6.89. The topological polar surface area (TPSA) is 63.8 Å². The molecule has 1 unspecified atom stereocenters. The standard InChI is InChI=1S/C14H26N4/c1-6-7-8-10(4)16-14-11(5)12(15)17-13(18-14)9(2)3/h9-10H,6-8H2,1-5H3,(H3,15,16,17,18). The molecule has 0 aliphatic rings. The highest BCUT2D eigenvalue weighted by molar-refractivity contribution is 5.55. The summed E-state index contributed by atoms with van der Waals surface area (Å²) in [6.07, 6.45) is 3.59. The Morgan fingerprint density at radius 3 is 2.44 bits per heavy atom. The van der Waals surface area contributed by atoms with Gasteiger partial charge in [-0.25, -0.2) is 9.97 Å². The number of hydrogen-bond acceptors (Lipinski definition) is 4. The van der Waals surface area contributed by atoms with Gasteiger partial charge in [0.1, 0.15) is 17.5 Å². The molecule has 0 amide bonds. The minimum absolute atomic E-state index is 0.291. The van der Waals surface area contributed by atoms with Gasteiger partial charge in [0.05, 0.1) is 0 Å². The van der Waals surface area contributed by atoms with E-state index in [-0.39, 0.29) is 0 Å². The molecule has 1 aromatic rings. The first-order valence-corrected chi connectivity index (χ1v) is 6.86. The second-order valence-electron chi connectivity index (χ2n) is 5.28. The van der Waals surface area contributed by atoms with E-state index in [4.69, 9.17) is 5.73 Å².